The van der Waals surface area contributed by atoms with Crippen molar-refractivity contribution in [3.8, 4) is 0 Å². The molecule has 4 nitrogen and oxygen atoms in total. The summed E-state index contributed by atoms with van der Waals surface area (Å²) >= 11 is 0. The highest BCUT2D eigenvalue weighted by molar-refractivity contribution is 5.64. The predicted octanol–water partition coefficient (Wildman–Crippen LogP) is 3.41. The maximum absolute atomic E-state index is 10.7. The van der Waals surface area contributed by atoms with Crippen LogP contribution in [0, 0.1) is 0 Å². The number of benzene rings is 1. The second-order valence-electron chi connectivity index (χ2n) is 6.54. The van der Waals surface area contributed by atoms with Gasteiger partial charge in [0.15, 0.2) is 0 Å². The van der Waals surface area contributed by atoms with Crippen molar-refractivity contribution in [1.29, 1.82) is 0 Å². The zero-order chi connectivity index (χ0) is 14.8. The van der Waals surface area contributed by atoms with E-state index in [9.17, 15) is 4.79 Å². The molecule has 0 saturated heterocycles. The van der Waals surface area contributed by atoms with Crippen LogP contribution >= 0.6 is 0 Å². The lowest BCUT2D eigenvalue weighted by atomic mass is 9.87. The van der Waals surface area contributed by atoms with Crippen molar-refractivity contribution in [2.24, 2.45) is 5.73 Å². The fourth-order valence-corrected chi connectivity index (χ4v) is 2.64. The fourth-order valence-electron chi connectivity index (χ4n) is 2.64. The summed E-state index contributed by atoms with van der Waals surface area (Å²) in [5, 5.41) is 3.49. The van der Waals surface area contributed by atoms with Gasteiger partial charge in [0.25, 0.3) is 0 Å². The Bertz CT molecular complexity index is 462. The molecular weight excluding hydrogens is 252 g/mol. The Morgan fingerprint density at radius 3 is 2.45 bits per heavy atom. The molecule has 1 amide bonds. The molecule has 2 unspecified atom stereocenters. The van der Waals surface area contributed by atoms with Crippen LogP contribution in [0.4, 0.5) is 10.5 Å². The number of amides is 1. The van der Waals surface area contributed by atoms with Crippen molar-refractivity contribution in [1.82, 2.24) is 0 Å². The predicted molar refractivity (Wildman–Crippen MR) is 80.9 cm³/mol. The molecule has 0 aliphatic heterocycles. The van der Waals surface area contributed by atoms with Crippen LogP contribution in [0.3, 0.4) is 0 Å². The summed E-state index contributed by atoms with van der Waals surface area (Å²) in [6.07, 6.45) is 1.98. The van der Waals surface area contributed by atoms with Gasteiger partial charge < -0.3 is 15.8 Å². The Balaban J connectivity index is 1.90. The van der Waals surface area contributed by atoms with Crippen LogP contribution in [0.15, 0.2) is 24.3 Å². The third-order valence-electron chi connectivity index (χ3n) is 3.79. The summed E-state index contributed by atoms with van der Waals surface area (Å²) in [5.74, 6) is 0. The summed E-state index contributed by atoms with van der Waals surface area (Å²) in [6.45, 7) is 6.62. The normalized spacial score (nSPS) is 22.6. The molecule has 1 saturated carbocycles. The standard InChI is InChI=1S/C16H24N2O2/c1-16(2,3)11-4-6-12(7-5-11)18-13-8-9-14(10-13)20-15(17)19/h4-7,13-14,18H,8-10H2,1-3H3,(H2,17,19). The molecule has 1 fully saturated rings. The number of anilines is 1. The summed E-state index contributed by atoms with van der Waals surface area (Å²) in [7, 11) is 0. The monoisotopic (exact) mass is 276 g/mol. The molecule has 1 aromatic carbocycles. The third-order valence-corrected chi connectivity index (χ3v) is 3.79. The number of nitrogens with two attached hydrogens (primary N) is 1. The van der Waals surface area contributed by atoms with E-state index in [2.05, 4.69) is 50.4 Å². The highest BCUT2D eigenvalue weighted by atomic mass is 16.6. The van der Waals surface area contributed by atoms with Gasteiger partial charge in [0.1, 0.15) is 6.10 Å². The van der Waals surface area contributed by atoms with E-state index in [0.717, 1.165) is 24.9 Å². The van der Waals surface area contributed by atoms with Crippen LogP contribution in [-0.2, 0) is 10.2 Å². The minimum Gasteiger partial charge on any atom is -0.446 e. The summed E-state index contributed by atoms with van der Waals surface area (Å²) in [5.41, 5.74) is 7.66. The Kier molecular flexibility index (Phi) is 4.21. The van der Waals surface area contributed by atoms with Crippen LogP contribution in [0.2, 0.25) is 0 Å². The lowest BCUT2D eigenvalue weighted by Gasteiger charge is -2.20. The molecule has 1 aromatic rings. The molecule has 3 N–H and O–H groups in total. The second-order valence-corrected chi connectivity index (χ2v) is 6.54. The maximum atomic E-state index is 10.7. The number of carbonyl (C=O) groups excluding carboxylic acids is 1. The Labute approximate surface area is 120 Å². The van der Waals surface area contributed by atoms with E-state index in [4.69, 9.17) is 10.5 Å². The molecule has 2 rings (SSSR count). The smallest absolute Gasteiger partial charge is 0.404 e. The summed E-state index contributed by atoms with van der Waals surface area (Å²) < 4.78 is 5.04. The average Bonchev–Trinajstić information content (AvgIpc) is 2.75. The largest absolute Gasteiger partial charge is 0.446 e. The van der Waals surface area contributed by atoms with Crippen molar-refractivity contribution in [3.05, 3.63) is 29.8 Å². The van der Waals surface area contributed by atoms with Crippen molar-refractivity contribution >= 4 is 11.8 Å². The molecule has 2 atom stereocenters. The zero-order valence-electron chi connectivity index (χ0n) is 12.5. The molecule has 0 radical (unpaired) electrons. The van der Waals surface area contributed by atoms with Crippen LogP contribution in [0.1, 0.15) is 45.6 Å². The molecule has 1 aliphatic rings. The minimum absolute atomic E-state index is 0.0427. The average molecular weight is 276 g/mol. The molecule has 0 aromatic heterocycles. The van der Waals surface area contributed by atoms with Crippen LogP contribution in [0.25, 0.3) is 0 Å². The van der Waals surface area contributed by atoms with E-state index in [1.54, 1.807) is 0 Å². The van der Waals surface area contributed by atoms with Gasteiger partial charge in [-0.15, -0.1) is 0 Å². The molecule has 0 bridgehead atoms. The van der Waals surface area contributed by atoms with Gasteiger partial charge in [-0.05, 0) is 36.0 Å². The van der Waals surface area contributed by atoms with Crippen molar-refractivity contribution in [2.45, 2.75) is 57.6 Å². The molecule has 20 heavy (non-hydrogen) atoms. The highest BCUT2D eigenvalue weighted by Gasteiger charge is 2.26. The van der Waals surface area contributed by atoms with Gasteiger partial charge in [-0.1, -0.05) is 32.9 Å². The lowest BCUT2D eigenvalue weighted by Crippen LogP contribution is -2.22. The van der Waals surface area contributed by atoms with E-state index in [0.29, 0.717) is 6.04 Å². The van der Waals surface area contributed by atoms with Crippen LogP contribution in [0.5, 0.6) is 0 Å². The minimum atomic E-state index is -0.676. The molecule has 0 spiro atoms. The molecular formula is C16H24N2O2. The number of hydrogen-bond acceptors (Lipinski definition) is 3. The van der Waals surface area contributed by atoms with E-state index in [1.807, 2.05) is 0 Å². The molecule has 0 heterocycles. The molecule has 1 aliphatic carbocycles. The van der Waals surface area contributed by atoms with E-state index in [1.165, 1.54) is 5.56 Å². The number of primary amides is 1. The Morgan fingerprint density at radius 1 is 1.25 bits per heavy atom. The van der Waals surface area contributed by atoms with Gasteiger partial charge in [0.2, 0.25) is 0 Å². The van der Waals surface area contributed by atoms with E-state index < -0.39 is 6.09 Å². The number of rotatable bonds is 3. The first kappa shape index (κ1) is 14.7. The summed E-state index contributed by atoms with van der Waals surface area (Å²) in [4.78, 5) is 10.7. The van der Waals surface area contributed by atoms with Crippen LogP contribution in [-0.4, -0.2) is 18.2 Å². The first-order valence-corrected chi connectivity index (χ1v) is 7.18. The first-order valence-electron chi connectivity index (χ1n) is 7.18. The van der Waals surface area contributed by atoms with E-state index >= 15 is 0 Å². The Hall–Kier alpha value is -1.71. The second kappa shape index (κ2) is 5.73. The number of nitrogens with one attached hydrogen (secondary N) is 1. The molecule has 110 valence electrons. The van der Waals surface area contributed by atoms with Crippen LogP contribution < -0.4 is 11.1 Å². The van der Waals surface area contributed by atoms with Gasteiger partial charge in [-0.2, -0.15) is 0 Å². The Morgan fingerprint density at radius 2 is 1.90 bits per heavy atom. The summed E-state index contributed by atoms with van der Waals surface area (Å²) in [6, 6.07) is 8.90. The van der Waals surface area contributed by atoms with Crippen molar-refractivity contribution < 1.29 is 9.53 Å². The van der Waals surface area contributed by atoms with Gasteiger partial charge in [-0.3, -0.25) is 0 Å². The van der Waals surface area contributed by atoms with Gasteiger partial charge in [0, 0.05) is 18.2 Å². The number of carbonyl (C=O) groups is 1. The number of ether oxygens (including phenoxy) is 1. The van der Waals surface area contributed by atoms with E-state index in [-0.39, 0.29) is 11.5 Å². The number of hydrogen-bond donors (Lipinski definition) is 2. The first-order chi connectivity index (χ1) is 9.34. The van der Waals surface area contributed by atoms with Crippen molar-refractivity contribution in [2.75, 3.05) is 5.32 Å². The topological polar surface area (TPSA) is 64.3 Å². The van der Waals surface area contributed by atoms with Gasteiger partial charge >= 0.3 is 6.09 Å². The van der Waals surface area contributed by atoms with Gasteiger partial charge in [-0.25, -0.2) is 4.79 Å². The quantitative estimate of drug-likeness (QED) is 0.889. The van der Waals surface area contributed by atoms with Crippen molar-refractivity contribution in [3.63, 3.8) is 0 Å². The lowest BCUT2D eigenvalue weighted by molar-refractivity contribution is 0.110. The zero-order valence-corrected chi connectivity index (χ0v) is 12.5. The SMILES string of the molecule is CC(C)(C)c1ccc(NC2CCC(OC(N)=O)C2)cc1. The fraction of sp³-hybridized carbons (Fsp3) is 0.562. The third kappa shape index (κ3) is 3.89. The highest BCUT2D eigenvalue weighted by Crippen LogP contribution is 2.27. The van der Waals surface area contributed by atoms with Gasteiger partial charge in [0.05, 0.1) is 0 Å². The molecule has 4 heteroatoms. The maximum Gasteiger partial charge on any atom is 0.404 e.